The Labute approximate surface area is 219 Å². The number of ether oxygens (including phenoxy) is 1. The number of carbonyl (C=O) groups is 1. The van der Waals surface area contributed by atoms with Crippen molar-refractivity contribution < 1.29 is 17.9 Å². The summed E-state index contributed by atoms with van der Waals surface area (Å²) in [6.45, 7) is 1.51. The molecule has 36 heavy (non-hydrogen) atoms. The number of anilines is 2. The van der Waals surface area contributed by atoms with E-state index in [4.69, 9.17) is 4.74 Å². The van der Waals surface area contributed by atoms with Gasteiger partial charge in [-0.3, -0.25) is 9.10 Å². The molecule has 0 radical (unpaired) electrons. The van der Waals surface area contributed by atoms with Gasteiger partial charge in [-0.25, -0.2) is 8.42 Å². The highest BCUT2D eigenvalue weighted by Gasteiger charge is 2.28. The molecule has 0 aliphatic carbocycles. The van der Waals surface area contributed by atoms with E-state index in [1.807, 2.05) is 67.6 Å². The molecular weight excluding hydrogens is 540 g/mol. The number of hydrogen-bond acceptors (Lipinski definition) is 4. The molecule has 0 atom stereocenters. The van der Waals surface area contributed by atoms with Crippen molar-refractivity contribution in [3.63, 3.8) is 0 Å². The zero-order valence-corrected chi connectivity index (χ0v) is 22.2. The van der Waals surface area contributed by atoms with Crippen molar-refractivity contribution in [1.29, 1.82) is 0 Å². The van der Waals surface area contributed by atoms with Crippen LogP contribution in [0.25, 0.3) is 11.1 Å². The molecule has 0 fully saturated rings. The highest BCUT2D eigenvalue weighted by Crippen LogP contribution is 2.31. The van der Waals surface area contributed by atoms with Crippen molar-refractivity contribution in [2.45, 2.75) is 11.8 Å². The van der Waals surface area contributed by atoms with Crippen LogP contribution in [0.4, 0.5) is 11.4 Å². The van der Waals surface area contributed by atoms with Gasteiger partial charge in [-0.15, -0.1) is 0 Å². The molecule has 4 rings (SSSR count). The van der Waals surface area contributed by atoms with Crippen LogP contribution in [0.3, 0.4) is 0 Å². The summed E-state index contributed by atoms with van der Waals surface area (Å²) in [7, 11) is -2.57. The Bertz CT molecular complexity index is 1470. The van der Waals surface area contributed by atoms with Gasteiger partial charge in [-0.1, -0.05) is 66.2 Å². The number of hydrogen-bond donors (Lipinski definition) is 1. The topological polar surface area (TPSA) is 75.7 Å². The number of nitrogens with one attached hydrogen (secondary N) is 1. The van der Waals surface area contributed by atoms with Gasteiger partial charge in [0.25, 0.3) is 10.0 Å². The largest absolute Gasteiger partial charge is 0.496 e. The molecule has 0 saturated carbocycles. The Morgan fingerprint density at radius 2 is 1.58 bits per heavy atom. The average molecular weight is 565 g/mol. The van der Waals surface area contributed by atoms with Crippen molar-refractivity contribution in [2.24, 2.45) is 0 Å². The molecule has 1 N–H and O–H groups in total. The van der Waals surface area contributed by atoms with E-state index in [1.54, 1.807) is 24.3 Å². The maximum atomic E-state index is 13.7. The van der Waals surface area contributed by atoms with Crippen molar-refractivity contribution in [3.8, 4) is 16.9 Å². The first-order valence-corrected chi connectivity index (χ1v) is 13.4. The van der Waals surface area contributed by atoms with E-state index >= 15 is 0 Å². The van der Waals surface area contributed by atoms with Gasteiger partial charge in [0.05, 0.1) is 22.2 Å². The quantitative estimate of drug-likeness (QED) is 0.274. The van der Waals surface area contributed by atoms with E-state index in [0.29, 0.717) is 21.6 Å². The number of nitrogens with zero attached hydrogens (tertiary/aromatic N) is 1. The van der Waals surface area contributed by atoms with Crippen LogP contribution in [0, 0.1) is 6.92 Å². The molecule has 0 aromatic heterocycles. The number of amides is 1. The Balaban J connectivity index is 1.68. The predicted octanol–water partition coefficient (Wildman–Crippen LogP) is 6.27. The van der Waals surface area contributed by atoms with Gasteiger partial charge in [0.1, 0.15) is 12.3 Å². The van der Waals surface area contributed by atoms with Crippen molar-refractivity contribution in [1.82, 2.24) is 0 Å². The van der Waals surface area contributed by atoms with Crippen LogP contribution < -0.4 is 14.4 Å². The third kappa shape index (κ3) is 5.61. The number of benzene rings is 4. The number of rotatable bonds is 8. The maximum Gasteiger partial charge on any atom is 0.264 e. The van der Waals surface area contributed by atoms with E-state index in [1.165, 1.54) is 19.2 Å². The molecule has 0 bridgehead atoms. The second-order valence-electron chi connectivity index (χ2n) is 8.10. The number of para-hydroxylation sites is 1. The first kappa shape index (κ1) is 25.5. The average Bonchev–Trinajstić information content (AvgIpc) is 2.88. The Morgan fingerprint density at radius 1 is 0.917 bits per heavy atom. The summed E-state index contributed by atoms with van der Waals surface area (Å²) < 4.78 is 34.3. The fourth-order valence-electron chi connectivity index (χ4n) is 3.74. The fraction of sp³-hybridized carbons (Fsp3) is 0.107. The molecule has 0 aliphatic heterocycles. The Morgan fingerprint density at radius 3 is 2.25 bits per heavy atom. The summed E-state index contributed by atoms with van der Waals surface area (Å²) in [5.74, 6) is 0.0428. The van der Waals surface area contributed by atoms with Gasteiger partial charge in [-0.05, 0) is 64.8 Å². The monoisotopic (exact) mass is 564 g/mol. The van der Waals surface area contributed by atoms with Crippen LogP contribution in [0.5, 0.6) is 5.75 Å². The second kappa shape index (κ2) is 11.0. The second-order valence-corrected chi connectivity index (χ2v) is 10.8. The molecule has 4 aromatic carbocycles. The summed E-state index contributed by atoms with van der Waals surface area (Å²) in [6.07, 6.45) is 0. The minimum atomic E-state index is -4.08. The van der Waals surface area contributed by atoms with Crippen LogP contribution >= 0.6 is 15.9 Å². The van der Waals surface area contributed by atoms with Gasteiger partial charge in [0.2, 0.25) is 5.91 Å². The normalized spacial score (nSPS) is 11.1. The lowest BCUT2D eigenvalue weighted by Gasteiger charge is -2.25. The van der Waals surface area contributed by atoms with Crippen LogP contribution in [-0.4, -0.2) is 28.0 Å². The summed E-state index contributed by atoms with van der Waals surface area (Å²) in [6, 6.07) is 28.6. The maximum absolute atomic E-state index is 13.7. The highest BCUT2D eigenvalue weighted by molar-refractivity contribution is 9.10. The number of sulfonamides is 1. The van der Waals surface area contributed by atoms with E-state index in [9.17, 15) is 13.2 Å². The predicted molar refractivity (Wildman–Crippen MR) is 147 cm³/mol. The zero-order valence-electron chi connectivity index (χ0n) is 19.8. The standard InChI is InChI=1S/C28H25BrN2O4S/c1-20-12-14-22(15-13-20)31(36(33,34)23-16-17-27(35-2)25(29)18-23)19-28(32)30-26-11-7-6-10-24(26)21-8-4-3-5-9-21/h3-18H,19H2,1-2H3,(H,30,32). The van der Waals surface area contributed by atoms with Gasteiger partial charge in [0, 0.05) is 11.3 Å². The first-order valence-electron chi connectivity index (χ1n) is 11.2. The van der Waals surface area contributed by atoms with Crippen LogP contribution in [0.2, 0.25) is 0 Å². The molecule has 1 amide bonds. The molecule has 184 valence electrons. The van der Waals surface area contributed by atoms with Crippen LogP contribution in [0.1, 0.15) is 5.56 Å². The lowest BCUT2D eigenvalue weighted by atomic mass is 10.0. The van der Waals surface area contributed by atoms with Gasteiger partial charge in [-0.2, -0.15) is 0 Å². The molecule has 0 aliphatic rings. The van der Waals surface area contributed by atoms with Gasteiger partial charge < -0.3 is 10.1 Å². The third-order valence-corrected chi connectivity index (χ3v) is 8.00. The number of methoxy groups -OCH3 is 1. The zero-order chi connectivity index (χ0) is 25.7. The Hall–Kier alpha value is -3.62. The molecule has 6 nitrogen and oxygen atoms in total. The molecule has 0 unspecified atom stereocenters. The molecule has 8 heteroatoms. The van der Waals surface area contributed by atoms with Crippen molar-refractivity contribution in [3.05, 3.63) is 107 Å². The minimum Gasteiger partial charge on any atom is -0.496 e. The van der Waals surface area contributed by atoms with Crippen LogP contribution in [0.15, 0.2) is 106 Å². The SMILES string of the molecule is COc1ccc(S(=O)(=O)N(CC(=O)Nc2ccccc2-c2ccccc2)c2ccc(C)cc2)cc1Br. The lowest BCUT2D eigenvalue weighted by Crippen LogP contribution is -2.38. The van der Waals surface area contributed by atoms with Crippen molar-refractivity contribution in [2.75, 3.05) is 23.3 Å². The van der Waals surface area contributed by atoms with E-state index in [2.05, 4.69) is 21.2 Å². The smallest absolute Gasteiger partial charge is 0.264 e. The van der Waals surface area contributed by atoms with E-state index < -0.39 is 22.5 Å². The number of halogens is 1. The third-order valence-electron chi connectivity index (χ3n) is 5.61. The van der Waals surface area contributed by atoms with Crippen LogP contribution in [-0.2, 0) is 14.8 Å². The lowest BCUT2D eigenvalue weighted by molar-refractivity contribution is -0.114. The van der Waals surface area contributed by atoms with Gasteiger partial charge >= 0.3 is 0 Å². The van der Waals surface area contributed by atoms with E-state index in [0.717, 1.165) is 21.0 Å². The van der Waals surface area contributed by atoms with Gasteiger partial charge in [0.15, 0.2) is 0 Å². The molecule has 0 saturated heterocycles. The first-order chi connectivity index (χ1) is 17.3. The van der Waals surface area contributed by atoms with Crippen molar-refractivity contribution >= 4 is 43.2 Å². The summed E-state index contributed by atoms with van der Waals surface area (Å²) >= 11 is 3.35. The summed E-state index contributed by atoms with van der Waals surface area (Å²) in [5, 5.41) is 2.90. The van der Waals surface area contributed by atoms with E-state index in [-0.39, 0.29) is 4.90 Å². The summed E-state index contributed by atoms with van der Waals surface area (Å²) in [4.78, 5) is 13.3. The number of carbonyl (C=O) groups excluding carboxylic acids is 1. The fourth-order valence-corrected chi connectivity index (χ4v) is 5.88. The minimum absolute atomic E-state index is 0.0354. The molecular formula is C28H25BrN2O4S. The highest BCUT2D eigenvalue weighted by atomic mass is 79.9. The molecule has 0 heterocycles. The molecule has 0 spiro atoms. The number of aryl methyl sites for hydroxylation is 1. The molecule has 4 aromatic rings. The Kier molecular flexibility index (Phi) is 7.76. The summed E-state index contributed by atoms with van der Waals surface area (Å²) in [5.41, 5.74) is 3.75.